The third-order valence-corrected chi connectivity index (χ3v) is 4.74. The molecule has 6 nitrogen and oxygen atoms in total. The highest BCUT2D eigenvalue weighted by atomic mass is 127. The minimum absolute atomic E-state index is 0. The van der Waals surface area contributed by atoms with Crippen LogP contribution in [0.4, 0.5) is 0 Å². The molecule has 1 aromatic carbocycles. The molecular formula is C21H37IN4O2. The Hall–Kier alpha value is -1.06. The van der Waals surface area contributed by atoms with Gasteiger partial charge in [-0.2, -0.15) is 0 Å². The van der Waals surface area contributed by atoms with Crippen LogP contribution in [0.15, 0.2) is 29.3 Å². The maximum Gasteiger partial charge on any atom is 0.191 e. The lowest BCUT2D eigenvalue weighted by molar-refractivity contribution is 0.120. The minimum Gasteiger partial charge on any atom is -0.494 e. The van der Waals surface area contributed by atoms with Gasteiger partial charge in [0, 0.05) is 19.1 Å². The highest BCUT2D eigenvalue weighted by Crippen LogP contribution is 2.18. The maximum absolute atomic E-state index is 9.65. The second-order valence-electron chi connectivity index (χ2n) is 7.49. The molecule has 0 amide bonds. The van der Waals surface area contributed by atoms with Crippen molar-refractivity contribution in [2.45, 2.75) is 57.7 Å². The van der Waals surface area contributed by atoms with Gasteiger partial charge in [-0.3, -0.25) is 0 Å². The van der Waals surface area contributed by atoms with Crippen molar-refractivity contribution in [3.8, 4) is 5.75 Å². The summed E-state index contributed by atoms with van der Waals surface area (Å²) >= 11 is 0. The number of rotatable bonds is 9. The molecule has 0 spiro atoms. The normalized spacial score (nSPS) is 19.8. The summed E-state index contributed by atoms with van der Waals surface area (Å²) < 4.78 is 5.78. The Labute approximate surface area is 187 Å². The Balaban J connectivity index is 0.00000392. The third-order valence-electron chi connectivity index (χ3n) is 4.74. The quantitative estimate of drug-likeness (QED) is 0.209. The topological polar surface area (TPSA) is 69.1 Å². The summed E-state index contributed by atoms with van der Waals surface area (Å²) in [5, 5.41) is 16.5. The zero-order valence-electron chi connectivity index (χ0n) is 17.5. The van der Waals surface area contributed by atoms with Gasteiger partial charge in [-0.25, -0.2) is 4.99 Å². The SMILES string of the molecule is CCNC(=NCc1ccc(OCCCN(C)C)cc1)NC1CCC(O)CC1.I. The van der Waals surface area contributed by atoms with E-state index < -0.39 is 0 Å². The fraction of sp³-hybridized carbons (Fsp3) is 0.667. The summed E-state index contributed by atoms with van der Waals surface area (Å²) in [6, 6.07) is 8.58. The molecule has 1 aliphatic carbocycles. The fourth-order valence-corrected chi connectivity index (χ4v) is 3.17. The van der Waals surface area contributed by atoms with Gasteiger partial charge in [-0.1, -0.05) is 12.1 Å². The van der Waals surface area contributed by atoms with Crippen LogP contribution in [0.25, 0.3) is 0 Å². The van der Waals surface area contributed by atoms with Crippen LogP contribution in [0.3, 0.4) is 0 Å². The van der Waals surface area contributed by atoms with Gasteiger partial charge in [0.15, 0.2) is 5.96 Å². The number of aliphatic hydroxyl groups is 1. The van der Waals surface area contributed by atoms with Crippen molar-refractivity contribution in [2.75, 3.05) is 33.8 Å². The molecule has 0 aromatic heterocycles. The van der Waals surface area contributed by atoms with Crippen LogP contribution in [0, 0.1) is 0 Å². The van der Waals surface area contributed by atoms with E-state index in [0.29, 0.717) is 12.6 Å². The summed E-state index contributed by atoms with van der Waals surface area (Å²) in [6.45, 7) is 5.31. The van der Waals surface area contributed by atoms with Gasteiger partial charge in [-0.05, 0) is 70.8 Å². The molecule has 1 aromatic rings. The second kappa shape index (κ2) is 14.0. The van der Waals surface area contributed by atoms with Gasteiger partial charge in [0.05, 0.1) is 19.3 Å². The first-order valence-electron chi connectivity index (χ1n) is 10.2. The maximum atomic E-state index is 9.65. The predicted octanol–water partition coefficient (Wildman–Crippen LogP) is 2.99. The molecule has 7 heteroatoms. The smallest absolute Gasteiger partial charge is 0.191 e. The number of halogens is 1. The average molecular weight is 504 g/mol. The van der Waals surface area contributed by atoms with E-state index in [4.69, 9.17) is 9.73 Å². The van der Waals surface area contributed by atoms with E-state index in [1.54, 1.807) is 0 Å². The molecule has 1 saturated carbocycles. The molecule has 0 atom stereocenters. The molecule has 0 bridgehead atoms. The number of hydrogen-bond donors (Lipinski definition) is 3. The molecule has 0 saturated heterocycles. The lowest BCUT2D eigenvalue weighted by Gasteiger charge is -2.27. The van der Waals surface area contributed by atoms with E-state index in [1.807, 2.05) is 12.1 Å². The summed E-state index contributed by atoms with van der Waals surface area (Å²) in [4.78, 5) is 6.87. The zero-order valence-corrected chi connectivity index (χ0v) is 19.8. The Morgan fingerprint density at radius 2 is 1.86 bits per heavy atom. The predicted molar refractivity (Wildman–Crippen MR) is 127 cm³/mol. The first kappa shape index (κ1) is 25.0. The Morgan fingerprint density at radius 1 is 1.18 bits per heavy atom. The van der Waals surface area contributed by atoms with Crippen molar-refractivity contribution < 1.29 is 9.84 Å². The number of ether oxygens (including phenoxy) is 1. The van der Waals surface area contributed by atoms with Crippen molar-refractivity contribution in [3.63, 3.8) is 0 Å². The van der Waals surface area contributed by atoms with Gasteiger partial charge >= 0.3 is 0 Å². The first-order chi connectivity index (χ1) is 13.1. The Kier molecular flexibility index (Phi) is 12.5. The second-order valence-corrected chi connectivity index (χ2v) is 7.49. The number of hydrogen-bond acceptors (Lipinski definition) is 4. The van der Waals surface area contributed by atoms with Crippen LogP contribution in [0.2, 0.25) is 0 Å². The molecule has 0 heterocycles. The van der Waals surface area contributed by atoms with Crippen LogP contribution >= 0.6 is 24.0 Å². The molecular weight excluding hydrogens is 467 g/mol. The van der Waals surface area contributed by atoms with Gasteiger partial charge < -0.3 is 25.4 Å². The van der Waals surface area contributed by atoms with Crippen molar-refractivity contribution in [2.24, 2.45) is 4.99 Å². The number of nitrogens with zero attached hydrogens (tertiary/aromatic N) is 2. The van der Waals surface area contributed by atoms with E-state index in [1.165, 1.54) is 0 Å². The molecule has 3 N–H and O–H groups in total. The molecule has 2 rings (SSSR count). The van der Waals surface area contributed by atoms with E-state index in [2.05, 4.69) is 48.7 Å². The van der Waals surface area contributed by atoms with Gasteiger partial charge in [0.25, 0.3) is 0 Å². The standard InChI is InChI=1S/C21H36N4O2.HI/c1-4-22-21(24-18-8-10-19(26)11-9-18)23-16-17-6-12-20(13-7-17)27-15-5-14-25(2)3;/h6-7,12-13,18-19,26H,4-5,8-11,14-16H2,1-3H3,(H2,22,23,24);1H. The van der Waals surface area contributed by atoms with Gasteiger partial charge in [0.2, 0.25) is 0 Å². The van der Waals surface area contributed by atoms with E-state index in [0.717, 1.165) is 69.1 Å². The number of benzene rings is 1. The lowest BCUT2D eigenvalue weighted by atomic mass is 9.93. The largest absolute Gasteiger partial charge is 0.494 e. The molecule has 0 aliphatic heterocycles. The lowest BCUT2D eigenvalue weighted by Crippen LogP contribution is -2.45. The summed E-state index contributed by atoms with van der Waals surface area (Å²) in [6.07, 6.45) is 4.61. The highest BCUT2D eigenvalue weighted by Gasteiger charge is 2.19. The Bertz CT molecular complexity index is 558. The summed E-state index contributed by atoms with van der Waals surface area (Å²) in [5.41, 5.74) is 1.16. The monoisotopic (exact) mass is 504 g/mol. The zero-order chi connectivity index (χ0) is 19.5. The van der Waals surface area contributed by atoms with Crippen LogP contribution in [-0.2, 0) is 6.54 Å². The number of nitrogens with one attached hydrogen (secondary N) is 2. The average Bonchev–Trinajstić information content (AvgIpc) is 2.66. The molecule has 1 aliphatic rings. The first-order valence-corrected chi connectivity index (χ1v) is 10.2. The number of aliphatic imine (C=N–C) groups is 1. The van der Waals surface area contributed by atoms with E-state index in [9.17, 15) is 5.11 Å². The fourth-order valence-electron chi connectivity index (χ4n) is 3.17. The third kappa shape index (κ3) is 9.93. The van der Waals surface area contributed by atoms with Crippen LogP contribution < -0.4 is 15.4 Å². The molecule has 160 valence electrons. The molecule has 28 heavy (non-hydrogen) atoms. The van der Waals surface area contributed by atoms with Crippen molar-refractivity contribution in [3.05, 3.63) is 29.8 Å². The van der Waals surface area contributed by atoms with E-state index in [-0.39, 0.29) is 30.1 Å². The summed E-state index contributed by atoms with van der Waals surface area (Å²) in [7, 11) is 4.15. The number of guanidine groups is 1. The highest BCUT2D eigenvalue weighted by molar-refractivity contribution is 14.0. The van der Waals surface area contributed by atoms with Gasteiger partial charge in [0.1, 0.15) is 5.75 Å². The van der Waals surface area contributed by atoms with Crippen LogP contribution in [0.5, 0.6) is 5.75 Å². The molecule has 0 radical (unpaired) electrons. The number of aliphatic hydroxyl groups excluding tert-OH is 1. The van der Waals surface area contributed by atoms with E-state index >= 15 is 0 Å². The summed E-state index contributed by atoms with van der Waals surface area (Å²) in [5.74, 6) is 1.76. The van der Waals surface area contributed by atoms with Crippen LogP contribution in [-0.4, -0.2) is 61.9 Å². The van der Waals surface area contributed by atoms with Crippen molar-refractivity contribution >= 4 is 29.9 Å². The minimum atomic E-state index is -0.133. The molecule has 1 fully saturated rings. The van der Waals surface area contributed by atoms with Crippen molar-refractivity contribution in [1.29, 1.82) is 0 Å². The molecule has 0 unspecified atom stereocenters. The van der Waals surface area contributed by atoms with Crippen molar-refractivity contribution in [1.82, 2.24) is 15.5 Å². The van der Waals surface area contributed by atoms with Crippen LogP contribution in [0.1, 0.15) is 44.6 Å². The Morgan fingerprint density at radius 3 is 2.46 bits per heavy atom. The van der Waals surface area contributed by atoms with Gasteiger partial charge in [-0.15, -0.1) is 24.0 Å².